The van der Waals surface area contributed by atoms with Gasteiger partial charge in [-0.2, -0.15) is 4.31 Å². The SMILES string of the molecule is CC(C)N(CC(N)=NO)S(=O)(=O)c1cc(Cl)ccc1Cl. The van der Waals surface area contributed by atoms with E-state index in [0.29, 0.717) is 0 Å². The molecule has 20 heavy (non-hydrogen) atoms. The van der Waals surface area contributed by atoms with Crippen LogP contribution in [0.5, 0.6) is 0 Å². The molecule has 1 aromatic rings. The summed E-state index contributed by atoms with van der Waals surface area (Å²) in [7, 11) is -3.91. The Morgan fingerprint density at radius 3 is 2.55 bits per heavy atom. The molecule has 0 unspecified atom stereocenters. The minimum absolute atomic E-state index is 0.0551. The summed E-state index contributed by atoms with van der Waals surface area (Å²) in [5, 5.41) is 11.7. The second kappa shape index (κ2) is 6.62. The first-order valence-electron chi connectivity index (χ1n) is 5.63. The van der Waals surface area contributed by atoms with E-state index >= 15 is 0 Å². The Morgan fingerprint density at radius 1 is 1.45 bits per heavy atom. The lowest BCUT2D eigenvalue weighted by molar-refractivity contribution is 0.312. The number of rotatable bonds is 5. The monoisotopic (exact) mass is 339 g/mol. The fourth-order valence-electron chi connectivity index (χ4n) is 1.54. The fourth-order valence-corrected chi connectivity index (χ4v) is 3.88. The molecule has 0 aliphatic rings. The summed E-state index contributed by atoms with van der Waals surface area (Å²) < 4.78 is 26.2. The second-order valence-electron chi connectivity index (χ2n) is 4.31. The van der Waals surface area contributed by atoms with Gasteiger partial charge in [0, 0.05) is 11.1 Å². The maximum Gasteiger partial charge on any atom is 0.245 e. The quantitative estimate of drug-likeness (QED) is 0.371. The number of hydrogen-bond acceptors (Lipinski definition) is 4. The summed E-state index contributed by atoms with van der Waals surface area (Å²) in [6.07, 6.45) is 0. The molecule has 3 N–H and O–H groups in total. The molecule has 0 heterocycles. The normalized spacial score (nSPS) is 13.2. The van der Waals surface area contributed by atoms with Crippen molar-refractivity contribution in [3.05, 3.63) is 28.2 Å². The van der Waals surface area contributed by atoms with E-state index in [1.54, 1.807) is 13.8 Å². The van der Waals surface area contributed by atoms with E-state index in [0.717, 1.165) is 4.31 Å². The van der Waals surface area contributed by atoms with Crippen molar-refractivity contribution in [1.82, 2.24) is 4.31 Å². The zero-order chi connectivity index (χ0) is 15.5. The van der Waals surface area contributed by atoms with Crippen LogP contribution in [0.25, 0.3) is 0 Å². The molecule has 0 saturated carbocycles. The molecule has 0 amide bonds. The molecular weight excluding hydrogens is 325 g/mol. The van der Waals surface area contributed by atoms with Gasteiger partial charge < -0.3 is 10.9 Å². The van der Waals surface area contributed by atoms with Gasteiger partial charge in [0.05, 0.1) is 11.6 Å². The highest BCUT2D eigenvalue weighted by atomic mass is 35.5. The highest BCUT2D eigenvalue weighted by molar-refractivity contribution is 7.89. The van der Waals surface area contributed by atoms with E-state index in [2.05, 4.69) is 5.16 Å². The molecule has 112 valence electrons. The first-order valence-corrected chi connectivity index (χ1v) is 7.83. The molecule has 0 atom stereocenters. The molecule has 0 aromatic heterocycles. The van der Waals surface area contributed by atoms with Gasteiger partial charge in [-0.05, 0) is 32.0 Å². The summed E-state index contributed by atoms with van der Waals surface area (Å²) in [6.45, 7) is 3.08. The van der Waals surface area contributed by atoms with Crippen LogP contribution in [-0.4, -0.2) is 36.4 Å². The van der Waals surface area contributed by atoms with Crippen LogP contribution in [0.4, 0.5) is 0 Å². The zero-order valence-electron chi connectivity index (χ0n) is 10.9. The molecule has 0 radical (unpaired) electrons. The third kappa shape index (κ3) is 3.76. The summed E-state index contributed by atoms with van der Waals surface area (Å²) in [5.41, 5.74) is 5.39. The predicted molar refractivity (Wildman–Crippen MR) is 78.9 cm³/mol. The fraction of sp³-hybridized carbons (Fsp3) is 0.364. The lowest BCUT2D eigenvalue weighted by Gasteiger charge is -2.25. The Kier molecular flexibility index (Phi) is 5.64. The molecule has 0 aliphatic heterocycles. The molecule has 6 nitrogen and oxygen atoms in total. The van der Waals surface area contributed by atoms with Crippen molar-refractivity contribution >= 4 is 39.1 Å². The van der Waals surface area contributed by atoms with Crippen LogP contribution >= 0.6 is 23.2 Å². The molecule has 0 aliphatic carbocycles. The van der Waals surface area contributed by atoms with Gasteiger partial charge in [-0.15, -0.1) is 0 Å². The molecule has 0 bridgehead atoms. The van der Waals surface area contributed by atoms with E-state index in [1.165, 1.54) is 18.2 Å². The summed E-state index contributed by atoms with van der Waals surface area (Å²) in [5.74, 6) is -0.222. The van der Waals surface area contributed by atoms with Crippen LogP contribution in [0.15, 0.2) is 28.3 Å². The van der Waals surface area contributed by atoms with Crippen molar-refractivity contribution in [2.45, 2.75) is 24.8 Å². The van der Waals surface area contributed by atoms with E-state index in [-0.39, 0.29) is 27.3 Å². The Morgan fingerprint density at radius 2 is 2.05 bits per heavy atom. The number of nitrogens with zero attached hydrogens (tertiary/aromatic N) is 2. The number of halogens is 2. The van der Waals surface area contributed by atoms with Crippen LogP contribution in [0.3, 0.4) is 0 Å². The average Bonchev–Trinajstić information content (AvgIpc) is 2.37. The smallest absolute Gasteiger partial charge is 0.245 e. The number of amidine groups is 1. The highest BCUT2D eigenvalue weighted by Gasteiger charge is 2.30. The largest absolute Gasteiger partial charge is 0.409 e. The van der Waals surface area contributed by atoms with Gasteiger partial charge in [-0.1, -0.05) is 28.4 Å². The lowest BCUT2D eigenvalue weighted by atomic mass is 10.4. The Bertz CT molecular complexity index is 617. The van der Waals surface area contributed by atoms with Gasteiger partial charge in [0.1, 0.15) is 4.90 Å². The van der Waals surface area contributed by atoms with Crippen LogP contribution in [0.2, 0.25) is 10.0 Å². The summed E-state index contributed by atoms with van der Waals surface area (Å²) >= 11 is 11.7. The molecule has 0 fully saturated rings. The van der Waals surface area contributed by atoms with E-state index in [9.17, 15) is 8.42 Å². The number of hydrogen-bond donors (Lipinski definition) is 2. The molecule has 0 spiro atoms. The van der Waals surface area contributed by atoms with Crippen LogP contribution < -0.4 is 5.73 Å². The van der Waals surface area contributed by atoms with Crippen molar-refractivity contribution in [3.63, 3.8) is 0 Å². The summed E-state index contributed by atoms with van der Waals surface area (Å²) in [6, 6.07) is 3.75. The van der Waals surface area contributed by atoms with E-state index in [1.807, 2.05) is 0 Å². The molecule has 0 saturated heterocycles. The highest BCUT2D eigenvalue weighted by Crippen LogP contribution is 2.28. The van der Waals surface area contributed by atoms with Crippen molar-refractivity contribution in [1.29, 1.82) is 0 Å². The Hall–Kier alpha value is -1.02. The van der Waals surface area contributed by atoms with E-state index < -0.39 is 16.1 Å². The van der Waals surface area contributed by atoms with Gasteiger partial charge >= 0.3 is 0 Å². The third-order valence-electron chi connectivity index (χ3n) is 2.50. The molecule has 1 aromatic carbocycles. The average molecular weight is 340 g/mol. The van der Waals surface area contributed by atoms with Gasteiger partial charge in [0.2, 0.25) is 10.0 Å². The third-order valence-corrected chi connectivity index (χ3v) is 5.24. The standard InChI is InChI=1S/C11H15Cl2N3O3S/c1-7(2)16(6-11(14)15-17)20(18,19)10-5-8(12)3-4-9(10)13/h3-5,7,17H,6H2,1-2H3,(H2,14,15). The predicted octanol–water partition coefficient (Wildman–Crippen LogP) is 2.14. The van der Waals surface area contributed by atoms with Crippen LogP contribution in [-0.2, 0) is 10.0 Å². The first-order chi connectivity index (χ1) is 9.20. The van der Waals surface area contributed by atoms with Crippen molar-refractivity contribution < 1.29 is 13.6 Å². The van der Waals surface area contributed by atoms with Crippen molar-refractivity contribution in [3.8, 4) is 0 Å². The van der Waals surface area contributed by atoms with Crippen LogP contribution in [0.1, 0.15) is 13.8 Å². The minimum Gasteiger partial charge on any atom is -0.409 e. The number of oxime groups is 1. The summed E-state index contributed by atoms with van der Waals surface area (Å²) in [4.78, 5) is -0.119. The Labute approximate surface area is 127 Å². The van der Waals surface area contributed by atoms with Gasteiger partial charge in [-0.25, -0.2) is 8.42 Å². The maximum atomic E-state index is 12.6. The Balaban J connectivity index is 3.33. The van der Waals surface area contributed by atoms with Gasteiger partial charge in [-0.3, -0.25) is 0 Å². The van der Waals surface area contributed by atoms with E-state index in [4.69, 9.17) is 34.1 Å². The number of nitrogens with two attached hydrogens (primary N) is 1. The van der Waals surface area contributed by atoms with Gasteiger partial charge in [0.25, 0.3) is 0 Å². The minimum atomic E-state index is -3.91. The molecule has 9 heteroatoms. The maximum absolute atomic E-state index is 12.6. The van der Waals surface area contributed by atoms with Crippen molar-refractivity contribution in [2.75, 3.05) is 6.54 Å². The van der Waals surface area contributed by atoms with Crippen LogP contribution in [0, 0.1) is 0 Å². The topological polar surface area (TPSA) is 96.0 Å². The van der Waals surface area contributed by atoms with Crippen molar-refractivity contribution in [2.24, 2.45) is 10.9 Å². The van der Waals surface area contributed by atoms with Gasteiger partial charge in [0.15, 0.2) is 5.84 Å². The second-order valence-corrected chi connectivity index (χ2v) is 7.01. The first kappa shape index (κ1) is 17.0. The zero-order valence-corrected chi connectivity index (χ0v) is 13.2. The molecular formula is C11H15Cl2N3O3S. The number of benzene rings is 1. The number of sulfonamides is 1. The molecule has 1 rings (SSSR count). The lowest BCUT2D eigenvalue weighted by Crippen LogP contribution is -2.42.